The molecule has 0 bridgehead atoms. The Hall–Kier alpha value is -0.120. The average Bonchev–Trinajstić information content (AvgIpc) is 2.30. The maximum Gasteiger partial charge on any atom is 0.0733 e. The van der Waals surface area contributed by atoms with E-state index >= 15 is 0 Å². The van der Waals surface area contributed by atoms with Crippen molar-refractivity contribution in [2.75, 3.05) is 19.6 Å². The first-order valence-corrected chi connectivity index (χ1v) is 6.00. The minimum Gasteiger partial charge on any atom is -0.391 e. The van der Waals surface area contributed by atoms with Gasteiger partial charge in [-0.15, -0.1) is 0 Å². The minimum atomic E-state index is -0.136. The van der Waals surface area contributed by atoms with Crippen molar-refractivity contribution in [1.82, 2.24) is 10.6 Å². The molecule has 0 saturated carbocycles. The van der Waals surface area contributed by atoms with Crippen LogP contribution in [0.25, 0.3) is 0 Å². The summed E-state index contributed by atoms with van der Waals surface area (Å²) in [6.45, 7) is 3.21. The van der Waals surface area contributed by atoms with Crippen molar-refractivity contribution in [2.24, 2.45) is 5.92 Å². The number of hydrogen-bond donors (Lipinski definition) is 3. The lowest BCUT2D eigenvalue weighted by atomic mass is 9.86. The van der Waals surface area contributed by atoms with E-state index < -0.39 is 0 Å². The Morgan fingerprint density at radius 3 is 2.64 bits per heavy atom. The summed E-state index contributed by atoms with van der Waals surface area (Å²) in [5.74, 6) is 0.472. The van der Waals surface area contributed by atoms with Crippen LogP contribution >= 0.6 is 0 Å². The molecule has 3 N–H and O–H groups in total. The Morgan fingerprint density at radius 2 is 2.00 bits per heavy atom. The highest BCUT2D eigenvalue weighted by Crippen LogP contribution is 2.21. The second kappa shape index (κ2) is 5.10. The van der Waals surface area contributed by atoms with Gasteiger partial charge < -0.3 is 15.7 Å². The van der Waals surface area contributed by atoms with Crippen LogP contribution in [0.2, 0.25) is 0 Å². The van der Waals surface area contributed by atoms with Gasteiger partial charge in [0.25, 0.3) is 0 Å². The van der Waals surface area contributed by atoms with Gasteiger partial charge in [0.05, 0.1) is 6.10 Å². The van der Waals surface area contributed by atoms with Crippen molar-refractivity contribution in [3.8, 4) is 0 Å². The second-order valence-corrected chi connectivity index (χ2v) is 4.65. The number of hydrogen-bond acceptors (Lipinski definition) is 3. The van der Waals surface area contributed by atoms with Crippen LogP contribution in [0.1, 0.15) is 32.1 Å². The topological polar surface area (TPSA) is 44.3 Å². The molecular weight excluding hydrogens is 176 g/mol. The third kappa shape index (κ3) is 2.47. The SMILES string of the molecule is OC(C1CCCNC1)C1CCCCN1. The normalized spacial score (nSPS) is 36.6. The van der Waals surface area contributed by atoms with Crippen LogP contribution in [0.3, 0.4) is 0 Å². The van der Waals surface area contributed by atoms with Gasteiger partial charge in [-0.3, -0.25) is 0 Å². The van der Waals surface area contributed by atoms with Gasteiger partial charge in [0.2, 0.25) is 0 Å². The number of piperidine rings is 2. The van der Waals surface area contributed by atoms with E-state index in [-0.39, 0.29) is 6.10 Å². The lowest BCUT2D eigenvalue weighted by molar-refractivity contribution is 0.0471. The van der Waals surface area contributed by atoms with E-state index in [0.717, 1.165) is 26.1 Å². The van der Waals surface area contributed by atoms with Gasteiger partial charge in [0, 0.05) is 12.6 Å². The van der Waals surface area contributed by atoms with Crippen molar-refractivity contribution < 1.29 is 5.11 Å². The fourth-order valence-corrected chi connectivity index (χ4v) is 2.67. The lowest BCUT2D eigenvalue weighted by Crippen LogP contribution is -2.49. The Labute approximate surface area is 86.3 Å². The number of rotatable bonds is 2. The number of nitrogens with one attached hydrogen (secondary N) is 2. The van der Waals surface area contributed by atoms with Crippen molar-refractivity contribution in [1.29, 1.82) is 0 Å². The summed E-state index contributed by atoms with van der Waals surface area (Å²) in [5, 5.41) is 17.0. The zero-order valence-electron chi connectivity index (χ0n) is 8.84. The van der Waals surface area contributed by atoms with Crippen LogP contribution in [-0.2, 0) is 0 Å². The van der Waals surface area contributed by atoms with E-state index in [9.17, 15) is 5.11 Å². The highest BCUT2D eigenvalue weighted by atomic mass is 16.3. The fraction of sp³-hybridized carbons (Fsp3) is 1.00. The molecule has 2 aliphatic heterocycles. The summed E-state index contributed by atoms with van der Waals surface area (Å²) in [6, 6.07) is 0.355. The predicted octanol–water partition coefficient (Wildman–Crippen LogP) is 0.489. The molecule has 82 valence electrons. The molecule has 3 unspecified atom stereocenters. The van der Waals surface area contributed by atoms with Gasteiger partial charge in [0.1, 0.15) is 0 Å². The summed E-state index contributed by atoms with van der Waals surface area (Å²) in [7, 11) is 0. The Morgan fingerprint density at radius 1 is 1.07 bits per heavy atom. The molecule has 14 heavy (non-hydrogen) atoms. The van der Waals surface area contributed by atoms with Gasteiger partial charge in [-0.05, 0) is 44.7 Å². The molecule has 2 fully saturated rings. The average molecular weight is 198 g/mol. The second-order valence-electron chi connectivity index (χ2n) is 4.65. The smallest absolute Gasteiger partial charge is 0.0733 e. The fourth-order valence-electron chi connectivity index (χ4n) is 2.67. The molecule has 2 rings (SSSR count). The summed E-state index contributed by atoms with van der Waals surface area (Å²) >= 11 is 0. The van der Waals surface area contributed by atoms with Gasteiger partial charge in [-0.25, -0.2) is 0 Å². The summed E-state index contributed by atoms with van der Waals surface area (Å²) in [5.41, 5.74) is 0. The zero-order valence-corrected chi connectivity index (χ0v) is 8.84. The lowest BCUT2D eigenvalue weighted by Gasteiger charge is -2.35. The molecule has 0 aromatic carbocycles. The van der Waals surface area contributed by atoms with Gasteiger partial charge >= 0.3 is 0 Å². The van der Waals surface area contributed by atoms with E-state index in [0.29, 0.717) is 12.0 Å². The molecule has 3 heteroatoms. The maximum absolute atomic E-state index is 10.2. The van der Waals surface area contributed by atoms with Gasteiger partial charge in [-0.2, -0.15) is 0 Å². The third-order valence-corrected chi connectivity index (χ3v) is 3.58. The van der Waals surface area contributed by atoms with E-state index in [2.05, 4.69) is 10.6 Å². The Kier molecular flexibility index (Phi) is 3.79. The van der Waals surface area contributed by atoms with Crippen LogP contribution < -0.4 is 10.6 Å². The summed E-state index contributed by atoms with van der Waals surface area (Å²) < 4.78 is 0. The quantitative estimate of drug-likeness (QED) is 0.605. The highest BCUT2D eigenvalue weighted by Gasteiger charge is 2.29. The summed E-state index contributed by atoms with van der Waals surface area (Å²) in [6.07, 6.45) is 5.96. The largest absolute Gasteiger partial charge is 0.391 e. The Bertz CT molecular complexity index is 145. The van der Waals surface area contributed by atoms with E-state index in [1.807, 2.05) is 0 Å². The zero-order chi connectivity index (χ0) is 9.80. The van der Waals surface area contributed by atoms with Crippen LogP contribution in [0, 0.1) is 5.92 Å². The predicted molar refractivity (Wildman–Crippen MR) is 57.2 cm³/mol. The van der Waals surface area contributed by atoms with Crippen LogP contribution in [0.5, 0.6) is 0 Å². The highest BCUT2D eigenvalue weighted by molar-refractivity contribution is 4.86. The third-order valence-electron chi connectivity index (χ3n) is 3.58. The van der Waals surface area contributed by atoms with Gasteiger partial charge in [0.15, 0.2) is 0 Å². The molecule has 3 nitrogen and oxygen atoms in total. The Balaban J connectivity index is 1.82. The molecule has 0 radical (unpaired) electrons. The molecule has 0 aromatic rings. The number of aliphatic hydroxyl groups is 1. The molecule has 0 amide bonds. The molecular formula is C11H22N2O. The van der Waals surface area contributed by atoms with Crippen LogP contribution in [0.15, 0.2) is 0 Å². The first-order chi connectivity index (χ1) is 6.88. The molecule has 2 aliphatic rings. The van der Waals surface area contributed by atoms with Crippen molar-refractivity contribution in [2.45, 2.75) is 44.2 Å². The molecule has 3 atom stereocenters. The molecule has 0 aliphatic carbocycles. The molecule has 0 aromatic heterocycles. The van der Waals surface area contributed by atoms with E-state index in [1.54, 1.807) is 0 Å². The van der Waals surface area contributed by atoms with Crippen molar-refractivity contribution in [3.63, 3.8) is 0 Å². The first kappa shape index (κ1) is 10.4. The molecule has 0 spiro atoms. The minimum absolute atomic E-state index is 0.136. The summed E-state index contributed by atoms with van der Waals surface area (Å²) in [4.78, 5) is 0. The van der Waals surface area contributed by atoms with E-state index in [1.165, 1.54) is 25.7 Å². The van der Waals surface area contributed by atoms with Gasteiger partial charge in [-0.1, -0.05) is 6.42 Å². The van der Waals surface area contributed by atoms with Crippen LogP contribution in [0.4, 0.5) is 0 Å². The standard InChI is InChI=1S/C11H22N2O/c14-11(9-4-3-6-12-8-9)10-5-1-2-7-13-10/h9-14H,1-8H2. The molecule has 2 heterocycles. The van der Waals surface area contributed by atoms with E-state index in [4.69, 9.17) is 0 Å². The first-order valence-electron chi connectivity index (χ1n) is 6.00. The number of aliphatic hydroxyl groups excluding tert-OH is 1. The maximum atomic E-state index is 10.2. The van der Waals surface area contributed by atoms with Crippen molar-refractivity contribution >= 4 is 0 Å². The van der Waals surface area contributed by atoms with Crippen molar-refractivity contribution in [3.05, 3.63) is 0 Å². The van der Waals surface area contributed by atoms with Crippen LogP contribution in [-0.4, -0.2) is 36.9 Å². The molecule has 2 saturated heterocycles. The monoisotopic (exact) mass is 198 g/mol.